The van der Waals surface area contributed by atoms with Crippen LogP contribution < -0.4 is 4.74 Å². The zero-order chi connectivity index (χ0) is 17.7. The van der Waals surface area contributed by atoms with Gasteiger partial charge in [-0.05, 0) is 45.4 Å². The molecule has 126 valence electrons. The maximum atomic E-state index is 11.7. The Balaban J connectivity index is 2.16. The van der Waals surface area contributed by atoms with Crippen LogP contribution in [0.15, 0.2) is 23.2 Å². The van der Waals surface area contributed by atoms with E-state index in [1.807, 2.05) is 0 Å². The van der Waals surface area contributed by atoms with Crippen LogP contribution in [0.1, 0.15) is 50.8 Å². The lowest BCUT2D eigenvalue weighted by molar-refractivity contribution is -0.131. The van der Waals surface area contributed by atoms with Gasteiger partial charge in [-0.1, -0.05) is 0 Å². The summed E-state index contributed by atoms with van der Waals surface area (Å²) >= 11 is 6.15. The summed E-state index contributed by atoms with van der Waals surface area (Å²) in [6.07, 6.45) is 0.862. The Labute approximate surface area is 145 Å². The van der Waals surface area contributed by atoms with E-state index in [0.29, 0.717) is 35.4 Å². The SMILES string of the molecule is CC1(C)Oc2ccc(C#N)cc2C(N=C2CCC(=O)C2Cl)C1(C)O. The van der Waals surface area contributed by atoms with E-state index in [0.717, 1.165) is 0 Å². The van der Waals surface area contributed by atoms with Crippen molar-refractivity contribution in [3.05, 3.63) is 29.3 Å². The summed E-state index contributed by atoms with van der Waals surface area (Å²) < 4.78 is 5.95. The Morgan fingerprint density at radius 1 is 1.38 bits per heavy atom. The highest BCUT2D eigenvalue weighted by atomic mass is 35.5. The second kappa shape index (κ2) is 5.58. The van der Waals surface area contributed by atoms with Crippen LogP contribution in [0.5, 0.6) is 5.75 Å². The molecule has 1 aliphatic heterocycles. The van der Waals surface area contributed by atoms with Gasteiger partial charge >= 0.3 is 0 Å². The minimum absolute atomic E-state index is 0.0487. The molecule has 0 radical (unpaired) electrons. The van der Waals surface area contributed by atoms with E-state index in [-0.39, 0.29) is 5.78 Å². The van der Waals surface area contributed by atoms with E-state index in [9.17, 15) is 9.90 Å². The highest BCUT2D eigenvalue weighted by Gasteiger charge is 2.53. The molecule has 3 unspecified atom stereocenters. The number of carbonyl (C=O) groups excluding carboxylic acids is 1. The van der Waals surface area contributed by atoms with Crippen LogP contribution in [0.4, 0.5) is 0 Å². The third kappa shape index (κ3) is 2.51. The Bertz CT molecular complexity index is 777. The molecule has 0 bridgehead atoms. The van der Waals surface area contributed by atoms with Gasteiger partial charge in [0.1, 0.15) is 28.4 Å². The molecule has 1 N–H and O–H groups in total. The van der Waals surface area contributed by atoms with Gasteiger partial charge in [0.25, 0.3) is 0 Å². The van der Waals surface area contributed by atoms with Crippen LogP contribution in [-0.4, -0.2) is 33.2 Å². The van der Waals surface area contributed by atoms with Crippen molar-refractivity contribution >= 4 is 23.1 Å². The molecule has 3 atom stereocenters. The molecular weight excluding hydrogens is 328 g/mol. The number of rotatable bonds is 1. The van der Waals surface area contributed by atoms with Crippen LogP contribution in [0.25, 0.3) is 0 Å². The number of Topliss-reactive ketones (excluding diaryl/α,β-unsaturated/α-hetero) is 1. The topological polar surface area (TPSA) is 82.7 Å². The molecule has 5 nitrogen and oxygen atoms in total. The number of benzene rings is 1. The molecule has 2 aliphatic rings. The molecule has 1 heterocycles. The first-order valence-corrected chi connectivity index (χ1v) is 8.30. The molecule has 0 spiro atoms. The molecule has 0 saturated heterocycles. The van der Waals surface area contributed by atoms with Gasteiger partial charge in [0, 0.05) is 17.7 Å². The monoisotopic (exact) mass is 346 g/mol. The summed E-state index contributed by atoms with van der Waals surface area (Å²) in [5, 5.41) is 19.6. The smallest absolute Gasteiger partial charge is 0.156 e. The number of aliphatic hydroxyl groups is 1. The Kier molecular flexibility index (Phi) is 3.94. The molecule has 1 saturated carbocycles. The second-order valence-electron chi connectivity index (χ2n) is 6.98. The molecule has 24 heavy (non-hydrogen) atoms. The molecular formula is C18H19ClN2O3. The first-order valence-electron chi connectivity index (χ1n) is 7.86. The van der Waals surface area contributed by atoms with Gasteiger partial charge in [0.05, 0.1) is 11.6 Å². The number of carbonyl (C=O) groups is 1. The predicted molar refractivity (Wildman–Crippen MR) is 90.5 cm³/mol. The zero-order valence-corrected chi connectivity index (χ0v) is 14.6. The third-order valence-electron chi connectivity index (χ3n) is 5.05. The summed E-state index contributed by atoms with van der Waals surface area (Å²) in [5.41, 5.74) is -0.550. The third-order valence-corrected chi connectivity index (χ3v) is 5.54. The van der Waals surface area contributed by atoms with Crippen LogP contribution >= 0.6 is 11.6 Å². The van der Waals surface area contributed by atoms with Gasteiger partial charge in [0.15, 0.2) is 5.78 Å². The summed E-state index contributed by atoms with van der Waals surface area (Å²) in [4.78, 5) is 16.4. The largest absolute Gasteiger partial charge is 0.484 e. The lowest BCUT2D eigenvalue weighted by atomic mass is 9.75. The summed E-state index contributed by atoms with van der Waals surface area (Å²) in [6.45, 7) is 5.24. The number of ether oxygens (including phenoxy) is 1. The van der Waals surface area contributed by atoms with E-state index >= 15 is 0 Å². The van der Waals surface area contributed by atoms with Crippen molar-refractivity contribution in [1.29, 1.82) is 5.26 Å². The Morgan fingerprint density at radius 2 is 2.08 bits per heavy atom. The normalized spacial score (nSPS) is 33.0. The van der Waals surface area contributed by atoms with Gasteiger partial charge in [-0.3, -0.25) is 9.79 Å². The molecule has 6 heteroatoms. The number of alkyl halides is 1. The summed E-state index contributed by atoms with van der Waals surface area (Å²) in [5.74, 6) is 0.530. The molecule has 1 aromatic carbocycles. The van der Waals surface area contributed by atoms with Gasteiger partial charge < -0.3 is 9.84 Å². The number of nitriles is 1. The first-order chi connectivity index (χ1) is 11.2. The number of fused-ring (bicyclic) bond motifs is 1. The fraction of sp³-hybridized carbons (Fsp3) is 0.500. The molecule has 1 aromatic rings. The maximum Gasteiger partial charge on any atom is 0.156 e. The minimum Gasteiger partial charge on any atom is -0.484 e. The summed E-state index contributed by atoms with van der Waals surface area (Å²) in [6, 6.07) is 6.49. The average Bonchev–Trinajstić information content (AvgIpc) is 2.83. The zero-order valence-electron chi connectivity index (χ0n) is 13.8. The van der Waals surface area contributed by atoms with Crippen molar-refractivity contribution in [2.24, 2.45) is 4.99 Å². The number of nitrogens with zero attached hydrogens (tertiary/aromatic N) is 2. The van der Waals surface area contributed by atoms with Crippen molar-refractivity contribution in [2.75, 3.05) is 0 Å². The van der Waals surface area contributed by atoms with E-state index in [1.54, 1.807) is 39.0 Å². The predicted octanol–water partition coefficient (Wildman–Crippen LogP) is 2.93. The average molecular weight is 347 g/mol. The van der Waals surface area contributed by atoms with Crippen molar-refractivity contribution in [3.8, 4) is 11.8 Å². The fourth-order valence-corrected chi connectivity index (χ4v) is 3.39. The van der Waals surface area contributed by atoms with E-state index in [4.69, 9.17) is 21.6 Å². The number of ketones is 1. The van der Waals surface area contributed by atoms with E-state index in [1.165, 1.54) is 0 Å². The standard InChI is InChI=1S/C18H19ClN2O3/c1-17(2)18(3,23)16(21-12-5-6-13(22)15(12)19)11-8-10(9-20)4-7-14(11)24-17/h4,7-8,15-16,23H,5-6H2,1-3H3. The number of aliphatic imine (C=N–C) groups is 1. The van der Waals surface area contributed by atoms with E-state index < -0.39 is 22.6 Å². The number of hydrogen-bond acceptors (Lipinski definition) is 5. The highest BCUT2D eigenvalue weighted by Crippen LogP contribution is 2.48. The van der Waals surface area contributed by atoms with Crippen molar-refractivity contribution in [2.45, 2.75) is 56.2 Å². The minimum atomic E-state index is -1.33. The lowest BCUT2D eigenvalue weighted by Crippen LogP contribution is -2.58. The number of halogens is 1. The van der Waals surface area contributed by atoms with E-state index in [2.05, 4.69) is 11.1 Å². The fourth-order valence-electron chi connectivity index (χ4n) is 3.12. The molecule has 1 aliphatic carbocycles. The highest BCUT2D eigenvalue weighted by molar-refractivity contribution is 6.45. The van der Waals surface area contributed by atoms with Crippen LogP contribution in [-0.2, 0) is 4.79 Å². The van der Waals surface area contributed by atoms with Gasteiger partial charge in [-0.15, -0.1) is 11.6 Å². The van der Waals surface area contributed by atoms with Gasteiger partial charge in [-0.2, -0.15) is 5.26 Å². The summed E-state index contributed by atoms with van der Waals surface area (Å²) in [7, 11) is 0. The molecule has 1 fully saturated rings. The van der Waals surface area contributed by atoms with Crippen LogP contribution in [0.3, 0.4) is 0 Å². The Hall–Kier alpha value is -1.90. The van der Waals surface area contributed by atoms with Crippen LogP contribution in [0, 0.1) is 11.3 Å². The molecule has 0 amide bonds. The van der Waals surface area contributed by atoms with Crippen LogP contribution in [0.2, 0.25) is 0 Å². The van der Waals surface area contributed by atoms with Gasteiger partial charge in [-0.25, -0.2) is 0 Å². The quantitative estimate of drug-likeness (QED) is 0.792. The van der Waals surface area contributed by atoms with Crippen molar-refractivity contribution in [1.82, 2.24) is 0 Å². The maximum absolute atomic E-state index is 11.7. The molecule has 0 aromatic heterocycles. The second-order valence-corrected chi connectivity index (χ2v) is 7.41. The van der Waals surface area contributed by atoms with Gasteiger partial charge in [0.2, 0.25) is 0 Å². The number of hydrogen-bond donors (Lipinski definition) is 1. The van der Waals surface area contributed by atoms with Crippen molar-refractivity contribution < 1.29 is 14.6 Å². The Morgan fingerprint density at radius 3 is 2.67 bits per heavy atom. The lowest BCUT2D eigenvalue weighted by Gasteiger charge is -2.48. The van der Waals surface area contributed by atoms with Crippen molar-refractivity contribution in [3.63, 3.8) is 0 Å². The molecule has 3 rings (SSSR count). The first kappa shape index (κ1) is 16.9.